The largest absolute Gasteiger partial charge is 0.379 e. The maximum atomic E-state index is 5.76. The molecule has 0 saturated heterocycles. The van der Waals surface area contributed by atoms with Crippen LogP contribution in [0.25, 0.3) is 10.9 Å². The van der Waals surface area contributed by atoms with Crippen LogP contribution in [0.3, 0.4) is 0 Å². The lowest BCUT2D eigenvalue weighted by Gasteiger charge is -2.36. The van der Waals surface area contributed by atoms with Crippen LogP contribution in [-0.4, -0.2) is 25.2 Å². The minimum absolute atomic E-state index is 0.0618. The van der Waals surface area contributed by atoms with Gasteiger partial charge in [-0.1, -0.05) is 32.9 Å². The highest BCUT2D eigenvalue weighted by Gasteiger charge is 2.32. The smallest absolute Gasteiger partial charge is 0.0813 e. The fraction of sp³-hybridized carbons (Fsp3) is 0.471. The molecule has 1 heterocycles. The Kier molecular flexibility index (Phi) is 4.41. The third-order valence-electron chi connectivity index (χ3n) is 3.71. The Balaban J connectivity index is 2.43. The predicted molar refractivity (Wildman–Crippen MR) is 83.8 cm³/mol. The summed E-state index contributed by atoms with van der Waals surface area (Å²) in [6.45, 7) is 6.61. The second-order valence-electron chi connectivity index (χ2n) is 6.24. The fourth-order valence-corrected chi connectivity index (χ4v) is 2.77. The zero-order valence-electron chi connectivity index (χ0n) is 13.0. The van der Waals surface area contributed by atoms with Crippen molar-refractivity contribution in [3.8, 4) is 0 Å². The molecule has 0 fully saturated rings. The number of hydrogen-bond donors (Lipinski definition) is 1. The van der Waals surface area contributed by atoms with Gasteiger partial charge in [0.05, 0.1) is 17.7 Å². The number of hydrogen-bond acceptors (Lipinski definition) is 3. The molecule has 2 unspecified atom stereocenters. The van der Waals surface area contributed by atoms with E-state index in [2.05, 4.69) is 55.3 Å². The molecular weight excluding hydrogens is 248 g/mol. The average Bonchev–Trinajstić information content (AvgIpc) is 2.42. The molecule has 0 aliphatic carbocycles. The molecule has 0 bridgehead atoms. The van der Waals surface area contributed by atoms with Crippen LogP contribution < -0.4 is 5.32 Å². The van der Waals surface area contributed by atoms with Crippen molar-refractivity contribution in [3.63, 3.8) is 0 Å². The first kappa shape index (κ1) is 14.9. The lowest BCUT2D eigenvalue weighted by Crippen LogP contribution is -2.40. The van der Waals surface area contributed by atoms with Crippen LogP contribution in [-0.2, 0) is 4.74 Å². The molecule has 0 aliphatic heterocycles. The van der Waals surface area contributed by atoms with Gasteiger partial charge in [-0.15, -0.1) is 0 Å². The van der Waals surface area contributed by atoms with Gasteiger partial charge in [-0.2, -0.15) is 0 Å². The summed E-state index contributed by atoms with van der Waals surface area (Å²) in [6.07, 6.45) is 1.92. The van der Waals surface area contributed by atoms with E-state index in [1.54, 1.807) is 7.11 Å². The van der Waals surface area contributed by atoms with Gasteiger partial charge in [0.25, 0.3) is 0 Å². The highest BCUT2D eigenvalue weighted by atomic mass is 16.5. The quantitative estimate of drug-likeness (QED) is 0.924. The second-order valence-corrected chi connectivity index (χ2v) is 6.24. The number of benzene rings is 1. The number of fused-ring (bicyclic) bond motifs is 1. The highest BCUT2D eigenvalue weighted by Crippen LogP contribution is 2.33. The van der Waals surface area contributed by atoms with Crippen LogP contribution in [0.1, 0.15) is 32.4 Å². The summed E-state index contributed by atoms with van der Waals surface area (Å²) in [6, 6.07) is 10.6. The number of aromatic nitrogens is 1. The first-order valence-electron chi connectivity index (χ1n) is 7.02. The van der Waals surface area contributed by atoms with Gasteiger partial charge in [0.2, 0.25) is 0 Å². The van der Waals surface area contributed by atoms with Crippen molar-refractivity contribution >= 4 is 10.9 Å². The van der Waals surface area contributed by atoms with E-state index in [4.69, 9.17) is 4.74 Å². The minimum Gasteiger partial charge on any atom is -0.379 e. The molecule has 3 nitrogen and oxygen atoms in total. The van der Waals surface area contributed by atoms with Crippen molar-refractivity contribution in [1.82, 2.24) is 10.3 Å². The molecule has 2 aromatic rings. The Morgan fingerprint density at radius 3 is 2.55 bits per heavy atom. The van der Waals surface area contributed by atoms with E-state index in [-0.39, 0.29) is 17.6 Å². The van der Waals surface area contributed by atoms with Gasteiger partial charge in [-0.25, -0.2) is 0 Å². The number of nitrogens with one attached hydrogen (secondary N) is 1. The fourth-order valence-electron chi connectivity index (χ4n) is 2.77. The summed E-state index contributed by atoms with van der Waals surface area (Å²) in [5.74, 6) is 0. The maximum absolute atomic E-state index is 5.76. The third kappa shape index (κ3) is 3.00. The van der Waals surface area contributed by atoms with Crippen LogP contribution in [0.2, 0.25) is 0 Å². The lowest BCUT2D eigenvalue weighted by molar-refractivity contribution is -0.0101. The Hall–Kier alpha value is -1.45. The molecule has 3 heteroatoms. The lowest BCUT2D eigenvalue weighted by atomic mass is 9.82. The van der Waals surface area contributed by atoms with E-state index < -0.39 is 0 Å². The zero-order valence-corrected chi connectivity index (χ0v) is 13.0. The van der Waals surface area contributed by atoms with E-state index in [0.29, 0.717) is 0 Å². The zero-order chi connectivity index (χ0) is 14.8. The van der Waals surface area contributed by atoms with Gasteiger partial charge in [0, 0.05) is 18.7 Å². The summed E-state index contributed by atoms with van der Waals surface area (Å²) in [4.78, 5) is 4.37. The molecule has 2 atom stereocenters. The molecule has 1 N–H and O–H groups in total. The maximum Gasteiger partial charge on any atom is 0.0813 e. The number of likely N-dealkylation sites (N-methyl/N-ethyl adjacent to an activating group) is 1. The van der Waals surface area contributed by atoms with Crippen molar-refractivity contribution in [2.45, 2.75) is 32.9 Å². The molecule has 0 aliphatic rings. The topological polar surface area (TPSA) is 34.2 Å². The van der Waals surface area contributed by atoms with E-state index in [9.17, 15) is 0 Å². The Bertz CT molecular complexity index is 574. The molecule has 0 amide bonds. The molecule has 0 saturated carbocycles. The first-order valence-corrected chi connectivity index (χ1v) is 7.02. The normalized spacial score (nSPS) is 15.2. The van der Waals surface area contributed by atoms with Crippen molar-refractivity contribution < 1.29 is 4.74 Å². The Labute approximate surface area is 121 Å². The monoisotopic (exact) mass is 272 g/mol. The van der Waals surface area contributed by atoms with Gasteiger partial charge < -0.3 is 10.1 Å². The second kappa shape index (κ2) is 5.90. The number of pyridine rings is 1. The van der Waals surface area contributed by atoms with Crippen molar-refractivity contribution in [3.05, 3.63) is 42.1 Å². The van der Waals surface area contributed by atoms with Crippen molar-refractivity contribution in [2.75, 3.05) is 14.2 Å². The van der Waals surface area contributed by atoms with Gasteiger partial charge in [-0.05, 0) is 36.2 Å². The third-order valence-corrected chi connectivity index (χ3v) is 3.71. The van der Waals surface area contributed by atoms with Gasteiger partial charge >= 0.3 is 0 Å². The van der Waals surface area contributed by atoms with Crippen LogP contribution >= 0.6 is 0 Å². The molecule has 2 rings (SSSR count). The standard InChI is InChI=1S/C17H24N2O/c1-17(2,3)16(20-5)15(18-4)13-8-9-14-12(11-13)7-6-10-19-14/h6-11,15-16,18H,1-5H3. The van der Waals surface area contributed by atoms with Crippen molar-refractivity contribution in [2.24, 2.45) is 5.41 Å². The molecule has 0 spiro atoms. The molecule has 108 valence electrons. The van der Waals surface area contributed by atoms with Crippen LogP contribution in [0.15, 0.2) is 36.5 Å². The molecule has 1 aromatic heterocycles. The predicted octanol–water partition coefficient (Wildman–Crippen LogP) is 3.56. The summed E-state index contributed by atoms with van der Waals surface area (Å²) < 4.78 is 5.76. The SMILES string of the molecule is CNC(c1ccc2ncccc2c1)C(OC)C(C)(C)C. The van der Waals surface area contributed by atoms with Gasteiger partial charge in [0.15, 0.2) is 0 Å². The number of rotatable bonds is 4. The Morgan fingerprint density at radius 2 is 1.95 bits per heavy atom. The number of nitrogens with zero attached hydrogens (tertiary/aromatic N) is 1. The van der Waals surface area contributed by atoms with Crippen LogP contribution in [0.4, 0.5) is 0 Å². The van der Waals surface area contributed by atoms with Crippen molar-refractivity contribution in [1.29, 1.82) is 0 Å². The highest BCUT2D eigenvalue weighted by molar-refractivity contribution is 5.79. The average molecular weight is 272 g/mol. The summed E-state index contributed by atoms with van der Waals surface area (Å²) >= 11 is 0. The molecule has 20 heavy (non-hydrogen) atoms. The van der Waals surface area contributed by atoms with E-state index in [0.717, 1.165) is 10.9 Å². The first-order chi connectivity index (χ1) is 9.47. The van der Waals surface area contributed by atoms with E-state index >= 15 is 0 Å². The summed E-state index contributed by atoms with van der Waals surface area (Å²) in [7, 11) is 3.76. The van der Waals surface area contributed by atoms with Gasteiger partial charge in [-0.3, -0.25) is 4.98 Å². The number of methoxy groups -OCH3 is 1. The van der Waals surface area contributed by atoms with Gasteiger partial charge in [0.1, 0.15) is 0 Å². The minimum atomic E-state index is 0.0618. The van der Waals surface area contributed by atoms with Crippen LogP contribution in [0.5, 0.6) is 0 Å². The summed E-state index contributed by atoms with van der Waals surface area (Å²) in [5.41, 5.74) is 2.32. The molecule has 1 aromatic carbocycles. The summed E-state index contributed by atoms with van der Waals surface area (Å²) in [5, 5.41) is 4.56. The van der Waals surface area contributed by atoms with E-state index in [1.807, 2.05) is 19.3 Å². The van der Waals surface area contributed by atoms with E-state index in [1.165, 1.54) is 5.56 Å². The molecule has 0 radical (unpaired) electrons. The van der Waals surface area contributed by atoms with Crippen LogP contribution in [0, 0.1) is 5.41 Å². The number of ether oxygens (including phenoxy) is 1. The molecular formula is C17H24N2O. The Morgan fingerprint density at radius 1 is 1.20 bits per heavy atom.